The molecule has 0 fully saturated rings. The van der Waals surface area contributed by atoms with Crippen molar-refractivity contribution in [3.8, 4) is 0 Å². The Morgan fingerprint density at radius 1 is 1.23 bits per heavy atom. The molecule has 4 nitrogen and oxygen atoms in total. The van der Waals surface area contributed by atoms with Crippen LogP contribution in [-0.4, -0.2) is 11.7 Å². The van der Waals surface area contributed by atoms with Gasteiger partial charge in [-0.15, -0.1) is 0 Å². The molecule has 0 radical (unpaired) electrons. The second-order valence-electron chi connectivity index (χ2n) is 8.56. The molecule has 4 rings (SSSR count). The number of rotatable bonds is 3. The van der Waals surface area contributed by atoms with Gasteiger partial charge in [0.05, 0.1) is 5.69 Å². The van der Waals surface area contributed by atoms with Crippen LogP contribution in [0.4, 0.5) is 14.5 Å². The summed E-state index contributed by atoms with van der Waals surface area (Å²) in [6.07, 6.45) is 1.10. The number of halogens is 2. The molecule has 2 N–H and O–H groups in total. The third kappa shape index (κ3) is 3.69. The van der Waals surface area contributed by atoms with Crippen molar-refractivity contribution >= 4 is 28.7 Å². The van der Waals surface area contributed by atoms with E-state index in [-0.39, 0.29) is 16.9 Å². The Bertz CT molecular complexity index is 1100. The summed E-state index contributed by atoms with van der Waals surface area (Å²) in [6.45, 7) is 5.88. The van der Waals surface area contributed by atoms with Crippen molar-refractivity contribution in [1.29, 1.82) is 0 Å². The van der Waals surface area contributed by atoms with Gasteiger partial charge in [-0.3, -0.25) is 9.59 Å². The number of dihydropyridines is 1. The minimum atomic E-state index is -0.854. The second-order valence-corrected chi connectivity index (χ2v) is 9.34. The summed E-state index contributed by atoms with van der Waals surface area (Å²) in [4.78, 5) is 26.4. The maximum Gasteiger partial charge on any atom is 0.254 e. The zero-order valence-electron chi connectivity index (χ0n) is 16.9. The molecular formula is C23H22F2N2O2S. The maximum absolute atomic E-state index is 14.1. The molecule has 0 saturated carbocycles. The van der Waals surface area contributed by atoms with Crippen LogP contribution in [0.15, 0.2) is 57.6 Å². The minimum absolute atomic E-state index is 0.00992. The highest BCUT2D eigenvalue weighted by Crippen LogP contribution is 2.47. The van der Waals surface area contributed by atoms with Gasteiger partial charge in [0.15, 0.2) is 5.78 Å². The van der Waals surface area contributed by atoms with E-state index in [1.54, 1.807) is 6.92 Å². The lowest BCUT2D eigenvalue weighted by atomic mass is 9.69. The van der Waals surface area contributed by atoms with Crippen molar-refractivity contribution in [3.05, 3.63) is 74.8 Å². The minimum Gasteiger partial charge on any atom is -0.362 e. The van der Waals surface area contributed by atoms with Crippen LogP contribution in [0.2, 0.25) is 0 Å². The summed E-state index contributed by atoms with van der Waals surface area (Å²) in [6, 6.07) is 4.90. The van der Waals surface area contributed by atoms with Gasteiger partial charge in [-0.25, -0.2) is 8.78 Å². The monoisotopic (exact) mass is 428 g/mol. The largest absolute Gasteiger partial charge is 0.362 e. The van der Waals surface area contributed by atoms with E-state index in [0.29, 0.717) is 29.7 Å². The number of thiophene rings is 1. The molecule has 0 spiro atoms. The third-order valence-corrected chi connectivity index (χ3v) is 6.24. The number of hydrogen-bond acceptors (Lipinski definition) is 4. The van der Waals surface area contributed by atoms with Gasteiger partial charge < -0.3 is 10.6 Å². The normalized spacial score (nSPS) is 20.7. The van der Waals surface area contributed by atoms with Crippen LogP contribution in [0.25, 0.3) is 0 Å². The van der Waals surface area contributed by atoms with Gasteiger partial charge in [0.2, 0.25) is 0 Å². The molecule has 2 heterocycles. The Labute approximate surface area is 177 Å². The number of carbonyl (C=O) groups excluding carboxylic acids is 2. The molecule has 1 aromatic heterocycles. The molecule has 1 aliphatic heterocycles. The van der Waals surface area contributed by atoms with Gasteiger partial charge in [0, 0.05) is 40.9 Å². The van der Waals surface area contributed by atoms with E-state index in [0.717, 1.165) is 23.4 Å². The Morgan fingerprint density at radius 3 is 2.67 bits per heavy atom. The number of benzene rings is 1. The Morgan fingerprint density at radius 2 is 2.00 bits per heavy atom. The number of allylic oxidation sites excluding steroid dienone is 3. The molecule has 0 bridgehead atoms. The van der Waals surface area contributed by atoms with Crippen LogP contribution < -0.4 is 10.6 Å². The second kappa shape index (κ2) is 7.47. The molecule has 1 aromatic carbocycles. The summed E-state index contributed by atoms with van der Waals surface area (Å²) in [5.41, 5.74) is 3.00. The Kier molecular flexibility index (Phi) is 5.10. The van der Waals surface area contributed by atoms with Crippen LogP contribution in [-0.2, 0) is 9.59 Å². The number of nitrogens with one attached hydrogen (secondary N) is 2. The SMILES string of the molecule is CC1=C(C(=O)Nc2ccc(F)cc2F)[C@H](c2ccsc2)C2=C(CC(C)(C)CC2=O)N1. The predicted molar refractivity (Wildman–Crippen MR) is 113 cm³/mol. The molecule has 7 heteroatoms. The van der Waals surface area contributed by atoms with Crippen molar-refractivity contribution in [1.82, 2.24) is 5.32 Å². The van der Waals surface area contributed by atoms with Gasteiger partial charge >= 0.3 is 0 Å². The first-order valence-corrected chi connectivity index (χ1v) is 10.6. The first kappa shape index (κ1) is 20.5. The van der Waals surface area contributed by atoms with Gasteiger partial charge in [-0.05, 0) is 53.3 Å². The first-order valence-electron chi connectivity index (χ1n) is 9.69. The summed E-state index contributed by atoms with van der Waals surface area (Å²) in [7, 11) is 0. The summed E-state index contributed by atoms with van der Waals surface area (Å²) in [5, 5.41) is 9.64. The average Bonchev–Trinajstić information content (AvgIpc) is 3.16. The highest BCUT2D eigenvalue weighted by molar-refractivity contribution is 7.08. The van der Waals surface area contributed by atoms with Crippen molar-refractivity contribution in [2.45, 2.75) is 39.5 Å². The van der Waals surface area contributed by atoms with Crippen LogP contribution in [0.3, 0.4) is 0 Å². The lowest BCUT2D eigenvalue weighted by molar-refractivity contribution is -0.118. The van der Waals surface area contributed by atoms with Crippen LogP contribution >= 0.6 is 11.3 Å². The average molecular weight is 429 g/mol. The van der Waals surface area contributed by atoms with E-state index in [1.165, 1.54) is 17.4 Å². The van der Waals surface area contributed by atoms with Crippen molar-refractivity contribution in [2.75, 3.05) is 5.32 Å². The smallest absolute Gasteiger partial charge is 0.254 e. The molecule has 2 aromatic rings. The highest BCUT2D eigenvalue weighted by Gasteiger charge is 2.42. The zero-order valence-corrected chi connectivity index (χ0v) is 17.8. The number of carbonyl (C=O) groups is 2. The quantitative estimate of drug-likeness (QED) is 0.700. The molecule has 2 aliphatic rings. The van der Waals surface area contributed by atoms with Crippen LogP contribution in [0.5, 0.6) is 0 Å². The van der Waals surface area contributed by atoms with Gasteiger partial charge in [0.1, 0.15) is 11.6 Å². The van der Waals surface area contributed by atoms with Gasteiger partial charge in [-0.2, -0.15) is 11.3 Å². The third-order valence-electron chi connectivity index (χ3n) is 5.54. The summed E-state index contributed by atoms with van der Waals surface area (Å²) < 4.78 is 27.3. The van der Waals surface area contributed by atoms with E-state index in [9.17, 15) is 18.4 Å². The number of amides is 1. The van der Waals surface area contributed by atoms with Crippen LogP contribution in [0, 0.1) is 17.0 Å². The lowest BCUT2D eigenvalue weighted by Gasteiger charge is -2.39. The molecule has 1 aliphatic carbocycles. The summed E-state index contributed by atoms with van der Waals surface area (Å²) in [5.74, 6) is -2.62. The van der Waals surface area contributed by atoms with Gasteiger partial charge in [0.25, 0.3) is 5.91 Å². The first-order chi connectivity index (χ1) is 14.2. The van der Waals surface area contributed by atoms with Crippen LogP contribution in [0.1, 0.15) is 45.1 Å². The number of Topliss-reactive ketones (excluding diaryl/α,β-unsaturated/α-hetero) is 1. The number of hydrogen-bond donors (Lipinski definition) is 2. The molecule has 0 saturated heterocycles. The van der Waals surface area contributed by atoms with Crippen molar-refractivity contribution < 1.29 is 18.4 Å². The van der Waals surface area contributed by atoms with Crippen molar-refractivity contribution in [3.63, 3.8) is 0 Å². The standard InChI is InChI=1S/C23H22F2N2O2S/c1-12-19(22(29)27-16-5-4-14(24)8-15(16)25)20(13-6-7-30-11-13)21-17(26-12)9-23(2,3)10-18(21)28/h4-8,11,20,26H,9-10H2,1-3H3,(H,27,29)/t20-/m0/s1. The predicted octanol–water partition coefficient (Wildman–Crippen LogP) is 5.27. The Balaban J connectivity index is 1.77. The molecule has 1 atom stereocenters. The van der Waals surface area contributed by atoms with E-state index in [2.05, 4.69) is 24.5 Å². The fraction of sp³-hybridized carbons (Fsp3) is 0.304. The highest BCUT2D eigenvalue weighted by atomic mass is 32.1. The van der Waals surface area contributed by atoms with E-state index in [4.69, 9.17) is 0 Å². The molecule has 30 heavy (non-hydrogen) atoms. The Hall–Kier alpha value is -2.80. The molecular weight excluding hydrogens is 406 g/mol. The van der Waals surface area contributed by atoms with Gasteiger partial charge in [-0.1, -0.05) is 13.8 Å². The van der Waals surface area contributed by atoms with E-state index in [1.807, 2.05) is 16.8 Å². The fourth-order valence-corrected chi connectivity index (χ4v) is 4.98. The van der Waals surface area contributed by atoms with Crippen molar-refractivity contribution in [2.24, 2.45) is 5.41 Å². The van der Waals surface area contributed by atoms with E-state index < -0.39 is 23.5 Å². The topological polar surface area (TPSA) is 58.2 Å². The molecule has 0 unspecified atom stereocenters. The maximum atomic E-state index is 14.1. The zero-order chi connectivity index (χ0) is 21.6. The molecule has 1 amide bonds. The summed E-state index contributed by atoms with van der Waals surface area (Å²) >= 11 is 1.49. The molecule has 156 valence electrons. The lowest BCUT2D eigenvalue weighted by Crippen LogP contribution is -2.39. The number of ketones is 1. The van der Waals surface area contributed by atoms with E-state index >= 15 is 0 Å². The fourth-order valence-electron chi connectivity index (χ4n) is 4.29. The number of anilines is 1.